The van der Waals surface area contributed by atoms with Crippen LogP contribution in [0, 0.1) is 6.92 Å². The van der Waals surface area contributed by atoms with Gasteiger partial charge in [0.05, 0.1) is 10.5 Å². The maximum Gasteiger partial charge on any atom is 0.256 e. The molecule has 3 aromatic rings. The molecule has 0 atom stereocenters. The monoisotopic (exact) mass is 469 g/mol. The minimum absolute atomic E-state index is 0.159. The zero-order valence-electron chi connectivity index (χ0n) is 17.5. The van der Waals surface area contributed by atoms with Crippen molar-refractivity contribution in [2.75, 3.05) is 18.4 Å². The molecule has 1 fully saturated rings. The normalized spacial score (nSPS) is 14.4. The van der Waals surface area contributed by atoms with Crippen LogP contribution in [0.25, 0.3) is 11.1 Å². The molecule has 9 heteroatoms. The van der Waals surface area contributed by atoms with Gasteiger partial charge in [-0.25, -0.2) is 8.42 Å². The van der Waals surface area contributed by atoms with Crippen LogP contribution in [0.2, 0.25) is 0 Å². The van der Waals surface area contributed by atoms with Crippen LogP contribution >= 0.6 is 11.3 Å². The molecule has 1 aromatic heterocycles. The molecule has 0 bridgehead atoms. The van der Waals surface area contributed by atoms with Crippen molar-refractivity contribution in [3.8, 4) is 11.1 Å². The Morgan fingerprint density at radius 1 is 1.00 bits per heavy atom. The number of anilines is 1. The highest BCUT2D eigenvalue weighted by molar-refractivity contribution is 7.89. The molecule has 0 aliphatic carbocycles. The number of hydrogen-bond acceptors (Lipinski definition) is 5. The lowest BCUT2D eigenvalue weighted by Crippen LogP contribution is -2.27. The number of thiophene rings is 1. The summed E-state index contributed by atoms with van der Waals surface area (Å²) in [6, 6.07) is 15.2. The van der Waals surface area contributed by atoms with Crippen LogP contribution in [0.3, 0.4) is 0 Å². The first-order valence-electron chi connectivity index (χ1n) is 10.2. The number of hydrogen-bond donors (Lipinski definition) is 2. The fourth-order valence-corrected chi connectivity index (χ4v) is 6.45. The minimum atomic E-state index is -3.55. The fourth-order valence-electron chi connectivity index (χ4n) is 3.85. The zero-order valence-corrected chi connectivity index (χ0v) is 19.1. The zero-order chi connectivity index (χ0) is 22.9. The maximum atomic E-state index is 12.8. The highest BCUT2D eigenvalue weighted by Crippen LogP contribution is 2.39. The van der Waals surface area contributed by atoms with Gasteiger partial charge in [0.25, 0.3) is 11.8 Å². The molecule has 3 N–H and O–H groups in total. The van der Waals surface area contributed by atoms with E-state index in [-0.39, 0.29) is 16.0 Å². The molecule has 166 valence electrons. The van der Waals surface area contributed by atoms with Crippen LogP contribution in [-0.4, -0.2) is 37.6 Å². The van der Waals surface area contributed by atoms with Crippen molar-refractivity contribution in [2.24, 2.45) is 5.73 Å². The molecule has 0 spiro atoms. The smallest absolute Gasteiger partial charge is 0.256 e. The molecule has 0 saturated carbocycles. The number of nitrogens with one attached hydrogen (secondary N) is 1. The third-order valence-corrected chi connectivity index (χ3v) is 8.37. The average Bonchev–Trinajstić information content (AvgIpc) is 3.43. The Morgan fingerprint density at radius 3 is 2.22 bits per heavy atom. The van der Waals surface area contributed by atoms with Gasteiger partial charge >= 0.3 is 0 Å². The Morgan fingerprint density at radius 2 is 1.62 bits per heavy atom. The first-order valence-corrected chi connectivity index (χ1v) is 12.4. The summed E-state index contributed by atoms with van der Waals surface area (Å²) >= 11 is 1.28. The Hall–Kier alpha value is -3.01. The Kier molecular flexibility index (Phi) is 6.14. The second-order valence-corrected chi connectivity index (χ2v) is 10.7. The number of nitrogens with zero attached hydrogens (tertiary/aromatic N) is 1. The summed E-state index contributed by atoms with van der Waals surface area (Å²) in [5.74, 6) is -1.07. The van der Waals surface area contributed by atoms with Crippen LogP contribution in [0.5, 0.6) is 0 Å². The van der Waals surface area contributed by atoms with Crippen molar-refractivity contribution in [3.05, 3.63) is 70.6 Å². The molecule has 2 aromatic carbocycles. The van der Waals surface area contributed by atoms with Gasteiger partial charge in [-0.15, -0.1) is 11.3 Å². The van der Waals surface area contributed by atoms with Crippen LogP contribution in [0.15, 0.2) is 59.5 Å². The van der Waals surface area contributed by atoms with E-state index in [2.05, 4.69) is 5.32 Å². The van der Waals surface area contributed by atoms with E-state index in [1.54, 1.807) is 0 Å². The van der Waals surface area contributed by atoms with Crippen LogP contribution in [0.4, 0.5) is 5.00 Å². The third kappa shape index (κ3) is 4.19. The van der Waals surface area contributed by atoms with E-state index in [4.69, 9.17) is 5.73 Å². The van der Waals surface area contributed by atoms with Gasteiger partial charge in [-0.05, 0) is 49.6 Å². The van der Waals surface area contributed by atoms with E-state index >= 15 is 0 Å². The number of amides is 2. The molecular formula is C23H23N3O4S2. The van der Waals surface area contributed by atoms with Crippen molar-refractivity contribution in [2.45, 2.75) is 24.7 Å². The number of carbonyl (C=O) groups is 2. The number of nitrogens with two attached hydrogens (primary N) is 1. The lowest BCUT2D eigenvalue weighted by atomic mass is 10.0. The predicted octanol–water partition coefficient (Wildman–Crippen LogP) is 3.86. The van der Waals surface area contributed by atoms with Crippen LogP contribution in [0.1, 0.15) is 38.4 Å². The summed E-state index contributed by atoms with van der Waals surface area (Å²) in [6.45, 7) is 2.90. The van der Waals surface area contributed by atoms with E-state index in [1.807, 2.05) is 37.3 Å². The molecule has 1 aliphatic heterocycles. The summed E-state index contributed by atoms with van der Waals surface area (Å²) in [4.78, 5) is 26.1. The van der Waals surface area contributed by atoms with Crippen LogP contribution in [-0.2, 0) is 10.0 Å². The van der Waals surface area contributed by atoms with E-state index in [0.717, 1.165) is 23.3 Å². The van der Waals surface area contributed by atoms with Gasteiger partial charge in [-0.3, -0.25) is 9.59 Å². The molecule has 2 amide bonds. The minimum Gasteiger partial charge on any atom is -0.365 e. The molecule has 2 heterocycles. The SMILES string of the molecule is Cc1sc(NC(=O)c2ccc(S(=O)(=O)N3CCCC3)cc2)c(C(N)=O)c1-c1ccccc1. The Balaban J connectivity index is 1.60. The van der Waals surface area contributed by atoms with Crippen molar-refractivity contribution in [3.63, 3.8) is 0 Å². The standard InChI is InChI=1S/C23H23N3O4S2/c1-15-19(16-7-3-2-4-8-16)20(21(24)27)23(31-15)25-22(28)17-9-11-18(12-10-17)32(29,30)26-13-5-6-14-26/h2-4,7-12H,5-6,13-14H2,1H3,(H2,24,27)(H,25,28). The lowest BCUT2D eigenvalue weighted by molar-refractivity contribution is 0.100. The Bertz CT molecular complexity index is 1260. The van der Waals surface area contributed by atoms with Crippen molar-refractivity contribution in [1.29, 1.82) is 0 Å². The highest BCUT2D eigenvalue weighted by Gasteiger charge is 2.27. The maximum absolute atomic E-state index is 12.8. The molecule has 0 radical (unpaired) electrons. The number of benzene rings is 2. The largest absolute Gasteiger partial charge is 0.365 e. The summed E-state index contributed by atoms with van der Waals surface area (Å²) in [6.07, 6.45) is 1.71. The molecule has 32 heavy (non-hydrogen) atoms. The molecule has 1 saturated heterocycles. The van der Waals surface area contributed by atoms with E-state index in [1.165, 1.54) is 39.9 Å². The van der Waals surface area contributed by atoms with Gasteiger partial charge in [0, 0.05) is 29.1 Å². The predicted molar refractivity (Wildman–Crippen MR) is 125 cm³/mol. The average molecular weight is 470 g/mol. The third-order valence-electron chi connectivity index (χ3n) is 5.44. The lowest BCUT2D eigenvalue weighted by Gasteiger charge is -2.15. The van der Waals surface area contributed by atoms with E-state index in [0.29, 0.717) is 23.7 Å². The second kappa shape index (κ2) is 8.85. The van der Waals surface area contributed by atoms with Crippen LogP contribution < -0.4 is 11.1 Å². The van der Waals surface area contributed by atoms with Gasteiger partial charge in [0.2, 0.25) is 10.0 Å². The van der Waals surface area contributed by atoms with Gasteiger partial charge in [0.1, 0.15) is 5.00 Å². The van der Waals surface area contributed by atoms with Gasteiger partial charge in [-0.1, -0.05) is 30.3 Å². The first-order chi connectivity index (χ1) is 15.3. The fraction of sp³-hybridized carbons (Fsp3) is 0.217. The first kappa shape index (κ1) is 22.2. The number of carbonyl (C=O) groups excluding carboxylic acids is 2. The summed E-state index contributed by atoms with van der Waals surface area (Å²) in [7, 11) is -3.55. The topological polar surface area (TPSA) is 110 Å². The number of primary amides is 1. The summed E-state index contributed by atoms with van der Waals surface area (Å²) < 4.78 is 26.8. The highest BCUT2D eigenvalue weighted by atomic mass is 32.2. The molecule has 0 unspecified atom stereocenters. The Labute approximate surface area is 190 Å². The summed E-state index contributed by atoms with van der Waals surface area (Å²) in [5, 5.41) is 3.14. The van der Waals surface area contributed by atoms with Gasteiger partial charge in [0.15, 0.2) is 0 Å². The molecule has 7 nitrogen and oxygen atoms in total. The van der Waals surface area contributed by atoms with Gasteiger partial charge < -0.3 is 11.1 Å². The number of aryl methyl sites for hydroxylation is 1. The molecular weight excluding hydrogens is 446 g/mol. The quantitative estimate of drug-likeness (QED) is 0.571. The molecule has 4 rings (SSSR count). The van der Waals surface area contributed by atoms with Crippen molar-refractivity contribution < 1.29 is 18.0 Å². The number of rotatable bonds is 6. The van der Waals surface area contributed by atoms with E-state index < -0.39 is 21.8 Å². The molecule has 1 aliphatic rings. The van der Waals surface area contributed by atoms with Crippen molar-refractivity contribution >= 4 is 38.2 Å². The second-order valence-electron chi connectivity index (χ2n) is 7.56. The van der Waals surface area contributed by atoms with Gasteiger partial charge in [-0.2, -0.15) is 4.31 Å². The van der Waals surface area contributed by atoms with E-state index in [9.17, 15) is 18.0 Å². The summed E-state index contributed by atoms with van der Waals surface area (Å²) in [5.41, 5.74) is 7.74. The van der Waals surface area contributed by atoms with Crippen molar-refractivity contribution in [1.82, 2.24) is 4.31 Å². The number of sulfonamides is 1.